The van der Waals surface area contributed by atoms with Crippen LogP contribution in [-0.4, -0.2) is 21.7 Å². The molecule has 2 aromatic rings. The van der Waals surface area contributed by atoms with E-state index in [4.69, 9.17) is 0 Å². The first-order valence-electron chi connectivity index (χ1n) is 9.94. The second-order valence-electron chi connectivity index (χ2n) is 7.77. The van der Waals surface area contributed by atoms with Crippen molar-refractivity contribution in [1.29, 1.82) is 0 Å². The van der Waals surface area contributed by atoms with Crippen LogP contribution in [0.1, 0.15) is 62.6 Å². The number of aromatic nitrogens is 2. The molecule has 0 fully saturated rings. The number of hydrazone groups is 1. The molecule has 6 heteroatoms. The Morgan fingerprint density at radius 1 is 1.39 bits per heavy atom. The zero-order valence-electron chi connectivity index (χ0n) is 16.9. The van der Waals surface area contributed by atoms with Crippen molar-refractivity contribution in [3.05, 3.63) is 51.6 Å². The molecule has 1 aromatic heterocycles. The average Bonchev–Trinajstić information content (AvgIpc) is 3.13. The molecule has 1 N–H and O–H groups in total. The van der Waals surface area contributed by atoms with Crippen LogP contribution in [0.5, 0.6) is 0 Å². The molecule has 1 amide bonds. The van der Waals surface area contributed by atoms with E-state index in [1.165, 1.54) is 5.57 Å². The van der Waals surface area contributed by atoms with Crippen molar-refractivity contribution in [1.82, 2.24) is 15.0 Å². The van der Waals surface area contributed by atoms with Crippen LogP contribution in [0.25, 0.3) is 10.9 Å². The number of rotatable bonds is 7. The van der Waals surface area contributed by atoms with Crippen LogP contribution in [0, 0.1) is 5.92 Å². The zero-order valence-corrected chi connectivity index (χ0v) is 16.9. The number of hydrogen-bond acceptors (Lipinski definition) is 4. The molecule has 1 atom stereocenters. The van der Waals surface area contributed by atoms with E-state index in [-0.39, 0.29) is 11.5 Å². The van der Waals surface area contributed by atoms with E-state index < -0.39 is 0 Å². The molecule has 1 aliphatic heterocycles. The number of aryl methyl sites for hydroxylation is 1. The summed E-state index contributed by atoms with van der Waals surface area (Å²) in [6.45, 7) is 7.11. The highest BCUT2D eigenvalue weighted by Crippen LogP contribution is 2.16. The molecule has 28 heavy (non-hydrogen) atoms. The largest absolute Gasteiger partial charge is 0.296 e. The van der Waals surface area contributed by atoms with Gasteiger partial charge in [-0.15, -0.1) is 0 Å². The van der Waals surface area contributed by atoms with E-state index in [1.807, 2.05) is 0 Å². The quantitative estimate of drug-likeness (QED) is 0.450. The first-order chi connectivity index (χ1) is 13.5. The predicted octanol–water partition coefficient (Wildman–Crippen LogP) is 3.83. The van der Waals surface area contributed by atoms with Crippen LogP contribution < -0.4 is 11.0 Å². The minimum Gasteiger partial charge on any atom is -0.296 e. The Labute approximate surface area is 165 Å². The summed E-state index contributed by atoms with van der Waals surface area (Å²) in [6.07, 6.45) is 8.72. The molecule has 0 bridgehead atoms. The molecule has 2 heterocycles. The SMILES string of the molecule is CC(C)=CCC[C@@H](C)C/C=N\NC(=O)c1ccc2c(=O)n3c(nc2c1)CCC3. The lowest BCUT2D eigenvalue weighted by molar-refractivity contribution is 0.0955. The molecule has 0 saturated carbocycles. The van der Waals surface area contributed by atoms with E-state index in [2.05, 4.69) is 42.4 Å². The molecular weight excluding hydrogens is 352 g/mol. The minimum absolute atomic E-state index is 0.0235. The number of amides is 1. The topological polar surface area (TPSA) is 76.3 Å². The van der Waals surface area contributed by atoms with Crippen LogP contribution in [0.15, 0.2) is 39.7 Å². The predicted molar refractivity (Wildman–Crippen MR) is 113 cm³/mol. The fourth-order valence-corrected chi connectivity index (χ4v) is 3.40. The van der Waals surface area contributed by atoms with Gasteiger partial charge in [-0.1, -0.05) is 18.6 Å². The summed E-state index contributed by atoms with van der Waals surface area (Å²) in [5, 5.41) is 4.61. The number of nitrogens with zero attached hydrogens (tertiary/aromatic N) is 3. The third kappa shape index (κ3) is 4.74. The number of nitrogens with one attached hydrogen (secondary N) is 1. The molecule has 0 aliphatic carbocycles. The van der Waals surface area contributed by atoms with Crippen molar-refractivity contribution in [2.45, 2.75) is 59.4 Å². The van der Waals surface area contributed by atoms with Crippen LogP contribution in [-0.2, 0) is 13.0 Å². The van der Waals surface area contributed by atoms with Gasteiger partial charge in [-0.25, -0.2) is 10.4 Å². The summed E-state index contributed by atoms with van der Waals surface area (Å²) in [6, 6.07) is 5.00. The third-order valence-electron chi connectivity index (χ3n) is 5.06. The van der Waals surface area contributed by atoms with Gasteiger partial charge in [0.15, 0.2) is 0 Å². The van der Waals surface area contributed by atoms with Crippen LogP contribution in [0.3, 0.4) is 0 Å². The van der Waals surface area contributed by atoms with E-state index in [1.54, 1.807) is 29.0 Å². The zero-order chi connectivity index (χ0) is 20.1. The van der Waals surface area contributed by atoms with Crippen molar-refractivity contribution in [2.24, 2.45) is 11.0 Å². The average molecular weight is 380 g/mol. The molecule has 3 rings (SSSR count). The fraction of sp³-hybridized carbons (Fsp3) is 0.455. The van der Waals surface area contributed by atoms with E-state index in [9.17, 15) is 9.59 Å². The maximum Gasteiger partial charge on any atom is 0.271 e. The number of carbonyl (C=O) groups is 1. The van der Waals surface area contributed by atoms with Gasteiger partial charge in [0.1, 0.15) is 5.82 Å². The van der Waals surface area contributed by atoms with Gasteiger partial charge in [-0.2, -0.15) is 5.10 Å². The van der Waals surface area contributed by atoms with Gasteiger partial charge in [-0.05, 0) is 63.6 Å². The minimum atomic E-state index is -0.294. The lowest BCUT2D eigenvalue weighted by atomic mass is 10.0. The molecule has 0 unspecified atom stereocenters. The van der Waals surface area contributed by atoms with Crippen molar-refractivity contribution in [3.63, 3.8) is 0 Å². The fourth-order valence-electron chi connectivity index (χ4n) is 3.40. The Kier molecular flexibility index (Phi) is 6.39. The van der Waals surface area contributed by atoms with Gasteiger partial charge in [0.05, 0.1) is 10.9 Å². The highest BCUT2D eigenvalue weighted by molar-refractivity contribution is 5.97. The number of benzene rings is 1. The Balaban J connectivity index is 1.60. The molecule has 0 radical (unpaired) electrons. The normalized spacial score (nSPS) is 14.2. The molecule has 6 nitrogen and oxygen atoms in total. The highest BCUT2D eigenvalue weighted by Gasteiger charge is 2.17. The summed E-state index contributed by atoms with van der Waals surface area (Å²) in [4.78, 5) is 29.4. The summed E-state index contributed by atoms with van der Waals surface area (Å²) in [5.74, 6) is 1.02. The molecule has 1 aliphatic rings. The number of carbonyl (C=O) groups excluding carboxylic acids is 1. The van der Waals surface area contributed by atoms with Gasteiger partial charge in [0.25, 0.3) is 11.5 Å². The van der Waals surface area contributed by atoms with Gasteiger partial charge < -0.3 is 0 Å². The first-order valence-corrected chi connectivity index (χ1v) is 9.94. The lowest BCUT2D eigenvalue weighted by Crippen LogP contribution is -2.22. The van der Waals surface area contributed by atoms with Crippen molar-refractivity contribution >= 4 is 23.0 Å². The van der Waals surface area contributed by atoms with Crippen LogP contribution in [0.2, 0.25) is 0 Å². The Morgan fingerprint density at radius 3 is 3.00 bits per heavy atom. The number of hydrogen-bond donors (Lipinski definition) is 1. The van der Waals surface area contributed by atoms with Gasteiger partial charge in [0, 0.05) is 24.7 Å². The molecular formula is C22H28N4O2. The monoisotopic (exact) mass is 380 g/mol. The maximum absolute atomic E-state index is 12.5. The number of allylic oxidation sites excluding steroid dienone is 2. The Bertz CT molecular complexity index is 984. The van der Waals surface area contributed by atoms with Gasteiger partial charge in [-0.3, -0.25) is 14.2 Å². The Morgan fingerprint density at radius 2 is 2.21 bits per heavy atom. The van der Waals surface area contributed by atoms with Gasteiger partial charge >= 0.3 is 0 Å². The van der Waals surface area contributed by atoms with E-state index >= 15 is 0 Å². The number of fused-ring (bicyclic) bond motifs is 2. The summed E-state index contributed by atoms with van der Waals surface area (Å²) >= 11 is 0. The van der Waals surface area contributed by atoms with Crippen molar-refractivity contribution in [3.8, 4) is 0 Å². The molecule has 148 valence electrons. The summed E-state index contributed by atoms with van der Waals surface area (Å²) < 4.78 is 1.73. The van der Waals surface area contributed by atoms with Crippen LogP contribution >= 0.6 is 0 Å². The van der Waals surface area contributed by atoms with Gasteiger partial charge in [0.2, 0.25) is 0 Å². The standard InChI is InChI=1S/C22H28N4O2/c1-15(2)6-4-7-16(3)11-12-23-25-21(27)17-9-10-18-19(14-17)24-20-8-5-13-26(20)22(18)28/h6,9-10,12,14,16H,4-5,7-8,11,13H2,1-3H3,(H,25,27)/b23-12-/t16-/m1/s1. The second-order valence-corrected chi connectivity index (χ2v) is 7.77. The van der Waals surface area contributed by atoms with E-state index in [0.717, 1.165) is 44.5 Å². The summed E-state index contributed by atoms with van der Waals surface area (Å²) in [7, 11) is 0. The summed E-state index contributed by atoms with van der Waals surface area (Å²) in [5.41, 5.74) is 4.91. The lowest BCUT2D eigenvalue weighted by Gasteiger charge is -2.07. The maximum atomic E-state index is 12.5. The van der Waals surface area contributed by atoms with Crippen molar-refractivity contribution in [2.75, 3.05) is 0 Å². The highest BCUT2D eigenvalue weighted by atomic mass is 16.2. The first kappa shape index (κ1) is 20.0. The van der Waals surface area contributed by atoms with Crippen molar-refractivity contribution < 1.29 is 4.79 Å². The molecule has 1 aromatic carbocycles. The van der Waals surface area contributed by atoms with E-state index in [0.29, 0.717) is 22.4 Å². The molecule has 0 saturated heterocycles. The molecule has 0 spiro atoms. The Hall–Kier alpha value is -2.76. The van der Waals surface area contributed by atoms with Crippen LogP contribution in [0.4, 0.5) is 0 Å². The third-order valence-corrected chi connectivity index (χ3v) is 5.06. The smallest absolute Gasteiger partial charge is 0.271 e. The second kappa shape index (κ2) is 8.95.